The van der Waals surface area contributed by atoms with Crippen molar-refractivity contribution in [3.05, 3.63) is 16.7 Å². The van der Waals surface area contributed by atoms with Crippen molar-refractivity contribution in [2.75, 3.05) is 23.7 Å². The predicted molar refractivity (Wildman–Crippen MR) is 64.5 cm³/mol. The van der Waals surface area contributed by atoms with Gasteiger partial charge in [0.2, 0.25) is 0 Å². The number of nitrogen functional groups attached to an aromatic ring is 1. The minimum Gasteiger partial charge on any atom is -0.391 e. The first-order chi connectivity index (χ1) is 7.72. The average Bonchev–Trinajstić information content (AvgIpc) is 2.33. The van der Waals surface area contributed by atoms with E-state index in [-0.39, 0.29) is 11.2 Å². The molecule has 0 spiro atoms. The molecule has 16 heavy (non-hydrogen) atoms. The lowest BCUT2D eigenvalue weighted by molar-refractivity contribution is 0.394. The van der Waals surface area contributed by atoms with Crippen LogP contribution in [0.4, 0.5) is 11.5 Å². The van der Waals surface area contributed by atoms with Gasteiger partial charge in [0.1, 0.15) is 5.69 Å². The lowest BCUT2D eigenvalue weighted by atomic mass is 9.94. The molecule has 0 bridgehead atoms. The largest absolute Gasteiger partial charge is 0.391 e. The van der Waals surface area contributed by atoms with E-state index in [4.69, 9.17) is 5.73 Å². The lowest BCUT2D eigenvalue weighted by Gasteiger charge is -2.32. The fourth-order valence-electron chi connectivity index (χ4n) is 2.21. The van der Waals surface area contributed by atoms with Gasteiger partial charge in [-0.15, -0.1) is 0 Å². The third-order valence-corrected chi connectivity index (χ3v) is 3.36. The van der Waals surface area contributed by atoms with E-state index in [0.29, 0.717) is 5.82 Å². The second-order valence-corrected chi connectivity index (χ2v) is 4.31. The Kier molecular flexibility index (Phi) is 3.12. The molecule has 5 heteroatoms. The van der Waals surface area contributed by atoms with E-state index in [1.807, 2.05) is 0 Å². The summed E-state index contributed by atoms with van der Waals surface area (Å²) in [5.74, 6) is 1.44. The molecule has 0 aliphatic carbocycles. The summed E-state index contributed by atoms with van der Waals surface area (Å²) in [5, 5.41) is 0. The first kappa shape index (κ1) is 11.0. The van der Waals surface area contributed by atoms with Crippen LogP contribution < -0.4 is 16.2 Å². The number of hydrogen-bond donors (Lipinski definition) is 2. The van der Waals surface area contributed by atoms with Gasteiger partial charge in [-0.25, -0.2) is 4.98 Å². The van der Waals surface area contributed by atoms with Crippen LogP contribution >= 0.6 is 0 Å². The Morgan fingerprint density at radius 2 is 2.25 bits per heavy atom. The summed E-state index contributed by atoms with van der Waals surface area (Å²) < 4.78 is 0. The van der Waals surface area contributed by atoms with Gasteiger partial charge < -0.3 is 15.6 Å². The molecule has 3 N–H and O–H groups in total. The maximum atomic E-state index is 11.4. The smallest absolute Gasteiger partial charge is 0.276 e. The number of H-pyrrole nitrogens is 1. The van der Waals surface area contributed by atoms with Crippen molar-refractivity contribution < 1.29 is 0 Å². The predicted octanol–water partition coefficient (Wildman–Crippen LogP) is 0.978. The van der Waals surface area contributed by atoms with Gasteiger partial charge in [0, 0.05) is 13.1 Å². The van der Waals surface area contributed by atoms with Crippen LogP contribution in [0.15, 0.2) is 11.1 Å². The van der Waals surface area contributed by atoms with Gasteiger partial charge in [0.05, 0.1) is 6.33 Å². The summed E-state index contributed by atoms with van der Waals surface area (Å²) in [5.41, 5.74) is 5.72. The second-order valence-electron chi connectivity index (χ2n) is 4.31. The van der Waals surface area contributed by atoms with Gasteiger partial charge >= 0.3 is 0 Å². The molecule has 1 aliphatic heterocycles. The fourth-order valence-corrected chi connectivity index (χ4v) is 2.21. The maximum Gasteiger partial charge on any atom is 0.276 e. The molecule has 0 atom stereocenters. The molecule has 1 aromatic rings. The Hall–Kier alpha value is -1.52. The van der Waals surface area contributed by atoms with Gasteiger partial charge in [-0.05, 0) is 18.8 Å². The zero-order valence-electron chi connectivity index (χ0n) is 9.57. The van der Waals surface area contributed by atoms with Crippen molar-refractivity contribution >= 4 is 11.5 Å². The molecule has 0 aromatic carbocycles. The molecule has 1 aromatic heterocycles. The molecule has 88 valence electrons. The zero-order chi connectivity index (χ0) is 11.5. The monoisotopic (exact) mass is 222 g/mol. The van der Waals surface area contributed by atoms with Crippen molar-refractivity contribution in [1.82, 2.24) is 9.97 Å². The number of aromatic nitrogens is 2. The molecule has 1 saturated heterocycles. The van der Waals surface area contributed by atoms with Crippen LogP contribution in [0.2, 0.25) is 0 Å². The Bertz CT molecular complexity index is 407. The van der Waals surface area contributed by atoms with E-state index >= 15 is 0 Å². The van der Waals surface area contributed by atoms with Gasteiger partial charge in [-0.2, -0.15) is 0 Å². The minimum atomic E-state index is -0.248. The van der Waals surface area contributed by atoms with Crippen molar-refractivity contribution in [3.63, 3.8) is 0 Å². The summed E-state index contributed by atoms with van der Waals surface area (Å²) in [6, 6.07) is 0. The summed E-state index contributed by atoms with van der Waals surface area (Å²) in [6.45, 7) is 4.11. The Balaban J connectivity index is 2.14. The quantitative estimate of drug-likeness (QED) is 0.782. The standard InChI is InChI=1S/C11H18N4O/c1-2-8-3-5-15(6-4-8)10-9(12)11(16)14-7-13-10/h7-8H,2-6,12H2,1H3,(H,13,14,16). The number of anilines is 2. The molecule has 1 fully saturated rings. The average molecular weight is 222 g/mol. The highest BCUT2D eigenvalue weighted by Gasteiger charge is 2.20. The molecule has 5 nitrogen and oxygen atoms in total. The Labute approximate surface area is 94.7 Å². The lowest BCUT2D eigenvalue weighted by Crippen LogP contribution is -2.35. The van der Waals surface area contributed by atoms with Crippen molar-refractivity contribution in [1.29, 1.82) is 0 Å². The van der Waals surface area contributed by atoms with E-state index < -0.39 is 0 Å². The maximum absolute atomic E-state index is 11.4. The number of nitrogens with one attached hydrogen (secondary N) is 1. The Morgan fingerprint density at radius 3 is 2.88 bits per heavy atom. The van der Waals surface area contributed by atoms with E-state index in [1.165, 1.54) is 12.7 Å². The van der Waals surface area contributed by atoms with E-state index in [2.05, 4.69) is 21.8 Å². The van der Waals surface area contributed by atoms with Crippen LogP contribution in [0, 0.1) is 5.92 Å². The number of hydrogen-bond acceptors (Lipinski definition) is 4. The molecule has 0 saturated carbocycles. The van der Waals surface area contributed by atoms with Crippen molar-refractivity contribution in [2.24, 2.45) is 5.92 Å². The van der Waals surface area contributed by atoms with Crippen LogP contribution in [-0.4, -0.2) is 23.1 Å². The van der Waals surface area contributed by atoms with Gasteiger partial charge in [-0.3, -0.25) is 4.79 Å². The van der Waals surface area contributed by atoms with E-state index in [0.717, 1.165) is 31.8 Å². The number of nitrogens with zero attached hydrogens (tertiary/aromatic N) is 2. The highest BCUT2D eigenvalue weighted by atomic mass is 16.1. The van der Waals surface area contributed by atoms with Gasteiger partial charge in [-0.1, -0.05) is 13.3 Å². The summed E-state index contributed by atoms with van der Waals surface area (Å²) in [7, 11) is 0. The molecule has 0 amide bonds. The molecular weight excluding hydrogens is 204 g/mol. The molecular formula is C11H18N4O. The van der Waals surface area contributed by atoms with Crippen LogP contribution in [0.5, 0.6) is 0 Å². The number of piperidine rings is 1. The number of aromatic amines is 1. The van der Waals surface area contributed by atoms with Crippen LogP contribution in [-0.2, 0) is 0 Å². The molecule has 0 unspecified atom stereocenters. The van der Waals surface area contributed by atoms with Crippen LogP contribution in [0.3, 0.4) is 0 Å². The number of rotatable bonds is 2. The van der Waals surface area contributed by atoms with Crippen LogP contribution in [0.25, 0.3) is 0 Å². The molecule has 1 aliphatic rings. The normalized spacial score (nSPS) is 17.7. The number of nitrogens with two attached hydrogens (primary N) is 1. The molecule has 2 rings (SSSR count). The topological polar surface area (TPSA) is 75.0 Å². The molecule has 2 heterocycles. The SMILES string of the molecule is CCC1CCN(c2nc[nH]c(=O)c2N)CC1. The summed E-state index contributed by atoms with van der Waals surface area (Å²) in [4.78, 5) is 20.1. The first-order valence-corrected chi connectivity index (χ1v) is 5.80. The van der Waals surface area contributed by atoms with Gasteiger partial charge in [0.15, 0.2) is 5.82 Å². The minimum absolute atomic E-state index is 0.234. The third-order valence-electron chi connectivity index (χ3n) is 3.36. The summed E-state index contributed by atoms with van der Waals surface area (Å²) in [6.07, 6.45) is 4.96. The Morgan fingerprint density at radius 1 is 1.56 bits per heavy atom. The fraction of sp³-hybridized carbons (Fsp3) is 0.636. The highest BCUT2D eigenvalue weighted by Crippen LogP contribution is 2.25. The van der Waals surface area contributed by atoms with Crippen molar-refractivity contribution in [3.8, 4) is 0 Å². The van der Waals surface area contributed by atoms with Crippen LogP contribution in [0.1, 0.15) is 26.2 Å². The highest BCUT2D eigenvalue weighted by molar-refractivity contribution is 5.60. The van der Waals surface area contributed by atoms with E-state index in [9.17, 15) is 4.79 Å². The third kappa shape index (κ3) is 2.03. The van der Waals surface area contributed by atoms with Crippen molar-refractivity contribution in [2.45, 2.75) is 26.2 Å². The first-order valence-electron chi connectivity index (χ1n) is 5.80. The van der Waals surface area contributed by atoms with Gasteiger partial charge in [0.25, 0.3) is 5.56 Å². The molecule has 0 radical (unpaired) electrons. The van der Waals surface area contributed by atoms with E-state index in [1.54, 1.807) is 0 Å². The zero-order valence-corrected chi connectivity index (χ0v) is 9.57. The second kappa shape index (κ2) is 4.55. The summed E-state index contributed by atoms with van der Waals surface area (Å²) >= 11 is 0.